The Balaban J connectivity index is 1.93. The summed E-state index contributed by atoms with van der Waals surface area (Å²) in [6, 6.07) is 9.13. The highest BCUT2D eigenvalue weighted by molar-refractivity contribution is 7.09. The van der Waals surface area contributed by atoms with Gasteiger partial charge in [0.25, 0.3) is 0 Å². The lowest BCUT2D eigenvalue weighted by Gasteiger charge is -2.19. The van der Waals surface area contributed by atoms with E-state index in [1.807, 2.05) is 30.3 Å². The summed E-state index contributed by atoms with van der Waals surface area (Å²) in [5.41, 5.74) is -0.0843. The molecule has 1 atom stereocenters. The zero-order chi connectivity index (χ0) is 15.5. The van der Waals surface area contributed by atoms with E-state index in [-0.39, 0.29) is 6.54 Å². The number of hydrogen-bond donors (Lipinski definition) is 1. The minimum Gasteiger partial charge on any atom is -0.387 e. The molecule has 0 fully saturated rings. The van der Waals surface area contributed by atoms with Crippen molar-refractivity contribution in [3.63, 3.8) is 0 Å². The molecule has 114 valence electrons. The Kier molecular flexibility index (Phi) is 4.97. The number of likely N-dealkylation sites (N-methyl/N-ethyl adjacent to an activating group) is 1. The molecule has 0 radical (unpaired) electrons. The van der Waals surface area contributed by atoms with Crippen molar-refractivity contribution in [3.8, 4) is 0 Å². The average Bonchev–Trinajstić information content (AvgIpc) is 2.88. The summed E-state index contributed by atoms with van der Waals surface area (Å²) >= 11 is 0.973. The number of benzene rings is 1. The highest BCUT2D eigenvalue weighted by Gasteiger charge is 2.33. The van der Waals surface area contributed by atoms with Gasteiger partial charge in [-0.15, -0.1) is 11.3 Å². The van der Waals surface area contributed by atoms with Crippen molar-refractivity contribution >= 4 is 11.3 Å². The van der Waals surface area contributed by atoms with Crippen molar-refractivity contribution in [2.24, 2.45) is 0 Å². The second kappa shape index (κ2) is 6.55. The molecule has 2 rings (SSSR count). The third-order valence-corrected chi connectivity index (χ3v) is 3.75. The molecular weight excluding hydrogens is 301 g/mol. The van der Waals surface area contributed by atoms with E-state index in [9.17, 15) is 18.3 Å². The number of aromatic nitrogens is 1. The van der Waals surface area contributed by atoms with Gasteiger partial charge in [-0.05, 0) is 12.6 Å². The standard InChI is InChI=1S/C14H15F3N2OS/c1-19(7-11(20)10-5-3-2-4-6-10)8-13-18-12(9-21-13)14(15,16)17/h2-6,9,11,20H,7-8H2,1H3. The smallest absolute Gasteiger partial charge is 0.387 e. The number of nitrogens with zero attached hydrogens (tertiary/aromatic N) is 2. The predicted molar refractivity (Wildman–Crippen MR) is 74.9 cm³/mol. The molecule has 0 spiro atoms. The maximum Gasteiger partial charge on any atom is 0.434 e. The van der Waals surface area contributed by atoms with E-state index in [1.165, 1.54) is 0 Å². The molecule has 0 aliphatic carbocycles. The minimum atomic E-state index is -4.41. The van der Waals surface area contributed by atoms with Gasteiger partial charge in [-0.2, -0.15) is 13.2 Å². The van der Waals surface area contributed by atoms with E-state index in [1.54, 1.807) is 11.9 Å². The maximum atomic E-state index is 12.5. The summed E-state index contributed by atoms with van der Waals surface area (Å²) < 4.78 is 37.4. The third kappa shape index (κ3) is 4.52. The lowest BCUT2D eigenvalue weighted by Crippen LogP contribution is -2.24. The summed E-state index contributed by atoms with van der Waals surface area (Å²) in [5, 5.41) is 11.5. The van der Waals surface area contributed by atoms with Gasteiger partial charge >= 0.3 is 6.18 Å². The third-order valence-electron chi connectivity index (χ3n) is 2.92. The SMILES string of the molecule is CN(Cc1nc(C(F)(F)F)cs1)CC(O)c1ccccc1. The molecule has 1 aromatic carbocycles. The lowest BCUT2D eigenvalue weighted by molar-refractivity contribution is -0.140. The molecule has 0 amide bonds. The van der Waals surface area contributed by atoms with Crippen LogP contribution in [-0.2, 0) is 12.7 Å². The van der Waals surface area contributed by atoms with Gasteiger partial charge in [0, 0.05) is 11.9 Å². The van der Waals surface area contributed by atoms with E-state index in [0.717, 1.165) is 22.3 Å². The van der Waals surface area contributed by atoms with Crippen LogP contribution in [0.4, 0.5) is 13.2 Å². The fraction of sp³-hybridized carbons (Fsp3) is 0.357. The van der Waals surface area contributed by atoms with Crippen LogP contribution < -0.4 is 0 Å². The molecule has 3 nitrogen and oxygen atoms in total. The van der Waals surface area contributed by atoms with Crippen molar-refractivity contribution in [1.82, 2.24) is 9.88 Å². The van der Waals surface area contributed by atoms with Gasteiger partial charge in [-0.1, -0.05) is 30.3 Å². The first kappa shape index (κ1) is 15.9. The first-order valence-corrected chi connectivity index (χ1v) is 7.17. The van der Waals surface area contributed by atoms with Crippen LogP contribution in [0.1, 0.15) is 22.4 Å². The Morgan fingerprint density at radius 3 is 2.52 bits per heavy atom. The number of halogens is 3. The Hall–Kier alpha value is -1.44. The van der Waals surface area contributed by atoms with Crippen molar-refractivity contribution in [2.75, 3.05) is 13.6 Å². The molecule has 1 heterocycles. The van der Waals surface area contributed by atoms with Crippen molar-refractivity contribution in [1.29, 1.82) is 0 Å². The van der Waals surface area contributed by atoms with Crippen molar-refractivity contribution < 1.29 is 18.3 Å². The van der Waals surface area contributed by atoms with Gasteiger partial charge < -0.3 is 5.11 Å². The molecule has 0 saturated carbocycles. The summed E-state index contributed by atoms with van der Waals surface area (Å²) in [6.45, 7) is 0.593. The number of aliphatic hydroxyl groups excluding tert-OH is 1. The van der Waals surface area contributed by atoms with Crippen LogP contribution >= 0.6 is 11.3 Å². The van der Waals surface area contributed by atoms with Gasteiger partial charge in [0.1, 0.15) is 5.01 Å². The summed E-state index contributed by atoms with van der Waals surface area (Å²) in [7, 11) is 1.74. The van der Waals surface area contributed by atoms with Gasteiger partial charge in [-0.3, -0.25) is 4.90 Å². The van der Waals surface area contributed by atoms with Gasteiger partial charge in [0.2, 0.25) is 0 Å². The highest BCUT2D eigenvalue weighted by Crippen LogP contribution is 2.30. The van der Waals surface area contributed by atoms with Gasteiger partial charge in [-0.25, -0.2) is 4.98 Å². The van der Waals surface area contributed by atoms with E-state index in [2.05, 4.69) is 4.98 Å². The Morgan fingerprint density at radius 1 is 1.29 bits per heavy atom. The Morgan fingerprint density at radius 2 is 1.95 bits per heavy atom. The number of rotatable bonds is 5. The molecule has 2 aromatic rings. The first-order chi connectivity index (χ1) is 9.86. The summed E-state index contributed by atoms with van der Waals surface area (Å²) in [5.74, 6) is 0. The molecule has 0 bridgehead atoms. The lowest BCUT2D eigenvalue weighted by atomic mass is 10.1. The minimum absolute atomic E-state index is 0.268. The summed E-state index contributed by atoms with van der Waals surface area (Å²) in [4.78, 5) is 5.32. The van der Waals surface area contributed by atoms with E-state index in [0.29, 0.717) is 11.6 Å². The fourth-order valence-corrected chi connectivity index (χ4v) is 2.76. The molecule has 0 aliphatic heterocycles. The molecule has 1 aromatic heterocycles. The first-order valence-electron chi connectivity index (χ1n) is 6.29. The molecule has 21 heavy (non-hydrogen) atoms. The Bertz CT molecular complexity index is 571. The molecular formula is C14H15F3N2OS. The maximum absolute atomic E-state index is 12.5. The molecule has 7 heteroatoms. The Labute approximate surface area is 124 Å². The zero-order valence-electron chi connectivity index (χ0n) is 11.3. The van der Waals surface area contributed by atoms with Crippen molar-refractivity contribution in [3.05, 3.63) is 52.0 Å². The van der Waals surface area contributed by atoms with Crippen LogP contribution in [0.3, 0.4) is 0 Å². The van der Waals surface area contributed by atoms with E-state index >= 15 is 0 Å². The number of alkyl halides is 3. The van der Waals surface area contributed by atoms with Crippen molar-refractivity contribution in [2.45, 2.75) is 18.8 Å². The topological polar surface area (TPSA) is 36.4 Å². The monoisotopic (exact) mass is 316 g/mol. The highest BCUT2D eigenvalue weighted by atomic mass is 32.1. The van der Waals surface area contributed by atoms with E-state index < -0.39 is 18.0 Å². The zero-order valence-corrected chi connectivity index (χ0v) is 12.2. The van der Waals surface area contributed by atoms with Crippen LogP contribution in [-0.4, -0.2) is 28.6 Å². The average molecular weight is 316 g/mol. The second-order valence-corrected chi connectivity index (χ2v) is 5.69. The quantitative estimate of drug-likeness (QED) is 0.919. The number of hydrogen-bond acceptors (Lipinski definition) is 4. The van der Waals surface area contributed by atoms with Gasteiger partial charge in [0.05, 0.1) is 12.6 Å². The van der Waals surface area contributed by atoms with Crippen LogP contribution in [0.25, 0.3) is 0 Å². The normalized spacial score (nSPS) is 13.6. The molecule has 1 N–H and O–H groups in total. The fourth-order valence-electron chi connectivity index (χ4n) is 1.88. The van der Waals surface area contributed by atoms with Crippen LogP contribution in [0.5, 0.6) is 0 Å². The molecule has 1 unspecified atom stereocenters. The summed E-state index contributed by atoms with van der Waals surface area (Å²) in [6.07, 6.45) is -5.09. The number of aliphatic hydroxyl groups is 1. The molecule has 0 saturated heterocycles. The van der Waals surface area contributed by atoms with E-state index in [4.69, 9.17) is 0 Å². The largest absolute Gasteiger partial charge is 0.434 e. The number of thiazole rings is 1. The second-order valence-electron chi connectivity index (χ2n) is 4.75. The molecule has 0 aliphatic rings. The van der Waals surface area contributed by atoms with Crippen LogP contribution in [0.15, 0.2) is 35.7 Å². The predicted octanol–water partition coefficient (Wildman–Crippen LogP) is 3.33. The van der Waals surface area contributed by atoms with Crippen LogP contribution in [0, 0.1) is 0 Å². The van der Waals surface area contributed by atoms with Crippen LogP contribution in [0.2, 0.25) is 0 Å². The van der Waals surface area contributed by atoms with Gasteiger partial charge in [0.15, 0.2) is 5.69 Å².